The summed E-state index contributed by atoms with van der Waals surface area (Å²) in [6.45, 7) is 6.31. The van der Waals surface area contributed by atoms with Gasteiger partial charge in [0.2, 0.25) is 11.9 Å². The van der Waals surface area contributed by atoms with Crippen molar-refractivity contribution >= 4 is 23.2 Å². The number of rotatable bonds is 8. The number of carbonyl (C=O) groups excluding carboxylic acids is 1. The van der Waals surface area contributed by atoms with Crippen LogP contribution in [0.3, 0.4) is 0 Å². The Morgan fingerprint density at radius 2 is 1.55 bits per heavy atom. The van der Waals surface area contributed by atoms with Crippen molar-refractivity contribution in [1.82, 2.24) is 9.97 Å². The summed E-state index contributed by atoms with van der Waals surface area (Å²) in [4.78, 5) is 20.9. The van der Waals surface area contributed by atoms with Crippen LogP contribution in [0.4, 0.5) is 17.3 Å². The quantitative estimate of drug-likeness (QED) is 0.577. The number of aromatic nitrogens is 2. The van der Waals surface area contributed by atoms with Crippen molar-refractivity contribution in [2.24, 2.45) is 0 Å². The first-order chi connectivity index (χ1) is 14.0. The van der Waals surface area contributed by atoms with E-state index >= 15 is 0 Å². The van der Waals surface area contributed by atoms with Crippen molar-refractivity contribution in [3.8, 4) is 5.75 Å². The van der Waals surface area contributed by atoms with E-state index in [1.54, 1.807) is 0 Å². The number of aryl methyl sites for hydroxylation is 3. The first kappa shape index (κ1) is 20.3. The fourth-order valence-electron chi connectivity index (χ4n) is 2.85. The van der Waals surface area contributed by atoms with Gasteiger partial charge in [-0.25, -0.2) is 9.97 Å². The lowest BCUT2D eigenvalue weighted by molar-refractivity contribution is -0.116. The van der Waals surface area contributed by atoms with Gasteiger partial charge < -0.3 is 15.4 Å². The number of carbonyl (C=O) groups is 1. The Kier molecular flexibility index (Phi) is 6.79. The molecule has 1 heterocycles. The summed E-state index contributed by atoms with van der Waals surface area (Å²) >= 11 is 0. The average Bonchev–Trinajstić information content (AvgIpc) is 2.69. The van der Waals surface area contributed by atoms with Crippen LogP contribution in [0.15, 0.2) is 54.6 Å². The topological polar surface area (TPSA) is 76.1 Å². The highest BCUT2D eigenvalue weighted by Crippen LogP contribution is 2.18. The predicted octanol–water partition coefficient (Wildman–Crippen LogP) is 4.81. The lowest BCUT2D eigenvalue weighted by atomic mass is 10.2. The zero-order valence-electron chi connectivity index (χ0n) is 17.0. The van der Waals surface area contributed by atoms with Crippen molar-refractivity contribution in [3.63, 3.8) is 0 Å². The molecule has 2 N–H and O–H groups in total. The average molecular weight is 390 g/mol. The van der Waals surface area contributed by atoms with Gasteiger partial charge in [0.15, 0.2) is 0 Å². The lowest BCUT2D eigenvalue weighted by Gasteiger charge is -2.09. The smallest absolute Gasteiger partial charge is 0.227 e. The molecule has 3 aromatic rings. The minimum absolute atomic E-state index is 0.0893. The molecular formula is C23H26N4O2. The van der Waals surface area contributed by atoms with Gasteiger partial charge in [0, 0.05) is 22.8 Å². The number of nitrogens with one attached hydrogen (secondary N) is 2. The maximum atomic E-state index is 12.1. The van der Waals surface area contributed by atoms with Crippen LogP contribution in [0.5, 0.6) is 5.75 Å². The van der Waals surface area contributed by atoms with Crippen LogP contribution in [0.1, 0.15) is 30.3 Å². The molecule has 1 amide bonds. The number of amides is 1. The fraction of sp³-hybridized carbons (Fsp3) is 0.261. The molecular weight excluding hydrogens is 364 g/mol. The van der Waals surface area contributed by atoms with Crippen molar-refractivity contribution in [2.45, 2.75) is 33.6 Å². The van der Waals surface area contributed by atoms with Crippen LogP contribution in [-0.4, -0.2) is 22.5 Å². The number of anilines is 3. The van der Waals surface area contributed by atoms with E-state index in [-0.39, 0.29) is 12.3 Å². The third-order valence-corrected chi connectivity index (χ3v) is 4.34. The van der Waals surface area contributed by atoms with E-state index in [4.69, 9.17) is 4.74 Å². The SMILES string of the molecule is CCc1ccc(OCCC(=O)Nc2ccc(Nc3nc(C)cc(C)n3)cc2)cc1. The number of benzene rings is 2. The molecule has 0 aliphatic heterocycles. The van der Waals surface area contributed by atoms with Gasteiger partial charge in [-0.3, -0.25) is 4.79 Å². The predicted molar refractivity (Wildman–Crippen MR) is 116 cm³/mol. The molecule has 0 radical (unpaired) electrons. The maximum Gasteiger partial charge on any atom is 0.227 e. The van der Waals surface area contributed by atoms with Gasteiger partial charge in [0.1, 0.15) is 5.75 Å². The molecule has 150 valence electrons. The molecule has 0 aliphatic carbocycles. The number of hydrogen-bond acceptors (Lipinski definition) is 5. The molecule has 0 spiro atoms. The lowest BCUT2D eigenvalue weighted by Crippen LogP contribution is -2.15. The van der Waals surface area contributed by atoms with Crippen molar-refractivity contribution in [1.29, 1.82) is 0 Å². The van der Waals surface area contributed by atoms with Crippen molar-refractivity contribution in [3.05, 3.63) is 71.5 Å². The molecule has 3 rings (SSSR count). The molecule has 0 fully saturated rings. The largest absolute Gasteiger partial charge is 0.493 e. The van der Waals surface area contributed by atoms with Crippen LogP contribution in [-0.2, 0) is 11.2 Å². The molecule has 0 saturated heterocycles. The minimum Gasteiger partial charge on any atom is -0.493 e. The summed E-state index contributed by atoms with van der Waals surface area (Å²) < 4.78 is 5.63. The Balaban J connectivity index is 1.46. The number of nitrogens with zero attached hydrogens (tertiary/aromatic N) is 2. The fourth-order valence-corrected chi connectivity index (χ4v) is 2.85. The summed E-state index contributed by atoms with van der Waals surface area (Å²) in [5, 5.41) is 6.05. The van der Waals surface area contributed by atoms with Crippen LogP contribution >= 0.6 is 0 Å². The third-order valence-electron chi connectivity index (χ3n) is 4.34. The summed E-state index contributed by atoms with van der Waals surface area (Å²) in [6.07, 6.45) is 1.28. The van der Waals surface area contributed by atoms with Gasteiger partial charge in [-0.1, -0.05) is 19.1 Å². The van der Waals surface area contributed by atoms with E-state index in [1.165, 1.54) is 5.56 Å². The van der Waals surface area contributed by atoms with E-state index < -0.39 is 0 Å². The van der Waals surface area contributed by atoms with Gasteiger partial charge in [0.25, 0.3) is 0 Å². The maximum absolute atomic E-state index is 12.1. The third kappa shape index (κ3) is 6.31. The van der Waals surface area contributed by atoms with Crippen molar-refractivity contribution < 1.29 is 9.53 Å². The summed E-state index contributed by atoms with van der Waals surface area (Å²) in [7, 11) is 0. The molecule has 2 aromatic carbocycles. The van der Waals surface area contributed by atoms with Crippen molar-refractivity contribution in [2.75, 3.05) is 17.2 Å². The Morgan fingerprint density at radius 3 is 2.17 bits per heavy atom. The Labute approximate surface area is 171 Å². The van der Waals surface area contributed by atoms with Gasteiger partial charge in [-0.15, -0.1) is 0 Å². The van der Waals surface area contributed by atoms with Crippen LogP contribution in [0.2, 0.25) is 0 Å². The molecule has 6 heteroatoms. The monoisotopic (exact) mass is 390 g/mol. The van der Waals surface area contributed by atoms with Gasteiger partial charge in [-0.05, 0) is 68.3 Å². The van der Waals surface area contributed by atoms with Gasteiger partial charge >= 0.3 is 0 Å². The van der Waals surface area contributed by atoms with E-state index in [0.29, 0.717) is 12.6 Å². The van der Waals surface area contributed by atoms with Crippen LogP contribution in [0, 0.1) is 13.8 Å². The first-order valence-electron chi connectivity index (χ1n) is 9.73. The van der Waals surface area contributed by atoms with E-state index in [1.807, 2.05) is 68.4 Å². The summed E-state index contributed by atoms with van der Waals surface area (Å²) in [6, 6.07) is 17.3. The zero-order chi connectivity index (χ0) is 20.6. The van der Waals surface area contributed by atoms with Crippen LogP contribution in [0.25, 0.3) is 0 Å². The highest BCUT2D eigenvalue weighted by molar-refractivity contribution is 5.91. The van der Waals surface area contributed by atoms with Gasteiger partial charge in [0.05, 0.1) is 13.0 Å². The summed E-state index contributed by atoms with van der Waals surface area (Å²) in [5.74, 6) is 1.25. The second-order valence-corrected chi connectivity index (χ2v) is 6.82. The van der Waals surface area contributed by atoms with Gasteiger partial charge in [-0.2, -0.15) is 0 Å². The normalized spacial score (nSPS) is 10.4. The second-order valence-electron chi connectivity index (χ2n) is 6.82. The molecule has 0 atom stereocenters. The van der Waals surface area contributed by atoms with E-state index in [9.17, 15) is 4.79 Å². The molecule has 29 heavy (non-hydrogen) atoms. The summed E-state index contributed by atoms with van der Waals surface area (Å²) in [5.41, 5.74) is 4.66. The Bertz CT molecular complexity index is 933. The molecule has 1 aromatic heterocycles. The standard InChI is InChI=1S/C23H26N4O2/c1-4-18-5-11-21(12-6-18)29-14-13-22(28)26-19-7-9-20(10-8-19)27-23-24-16(2)15-17(3)25-23/h5-12,15H,4,13-14H2,1-3H3,(H,26,28)(H,24,25,27). The second kappa shape index (κ2) is 9.68. The highest BCUT2D eigenvalue weighted by atomic mass is 16.5. The number of ether oxygens (including phenoxy) is 1. The highest BCUT2D eigenvalue weighted by Gasteiger charge is 2.05. The van der Waals surface area contributed by atoms with Crippen LogP contribution < -0.4 is 15.4 Å². The zero-order valence-corrected chi connectivity index (χ0v) is 17.0. The first-order valence-corrected chi connectivity index (χ1v) is 9.73. The Morgan fingerprint density at radius 1 is 0.931 bits per heavy atom. The minimum atomic E-state index is -0.0893. The molecule has 0 bridgehead atoms. The molecule has 0 aliphatic rings. The molecule has 6 nitrogen and oxygen atoms in total. The molecule has 0 unspecified atom stereocenters. The Hall–Kier alpha value is -3.41. The number of hydrogen-bond donors (Lipinski definition) is 2. The molecule has 0 saturated carbocycles. The van der Waals surface area contributed by atoms with E-state index in [2.05, 4.69) is 27.5 Å². The van der Waals surface area contributed by atoms with E-state index in [0.717, 1.165) is 34.9 Å².